The molecule has 0 saturated heterocycles. The van der Waals surface area contributed by atoms with Crippen LogP contribution in [0.5, 0.6) is 0 Å². The first-order chi connectivity index (χ1) is 9.93. The number of benzene rings is 1. The van der Waals surface area contributed by atoms with Crippen LogP contribution in [0, 0.1) is 0 Å². The lowest BCUT2D eigenvalue weighted by atomic mass is 9.85. The lowest BCUT2D eigenvalue weighted by Crippen LogP contribution is -2.25. The van der Waals surface area contributed by atoms with Crippen LogP contribution in [0.25, 0.3) is 0 Å². The molecule has 2 N–H and O–H groups in total. The smallest absolute Gasteiger partial charge is 0.223 e. The van der Waals surface area contributed by atoms with Crippen LogP contribution >= 0.6 is 0 Å². The topological polar surface area (TPSA) is 57.5 Å². The molecule has 3 heteroatoms. The third-order valence-corrected chi connectivity index (χ3v) is 4.38. The Morgan fingerprint density at radius 3 is 2.29 bits per heavy atom. The number of carbonyl (C=O) groups is 1. The van der Waals surface area contributed by atoms with Gasteiger partial charge in [-0.2, -0.15) is 0 Å². The standard InChI is InChI=1S/C18H22O3/c1-4-18(21,5-2)11-14-15(12(3)16(19)17(14)20)13-9-7-6-8-10-13/h6-11,15,19,21H,4-5H2,1-3H3/b14-11-. The van der Waals surface area contributed by atoms with E-state index in [4.69, 9.17) is 0 Å². The lowest BCUT2D eigenvalue weighted by molar-refractivity contribution is -0.114. The van der Waals surface area contributed by atoms with Crippen LogP contribution in [0.1, 0.15) is 45.1 Å². The molecule has 0 spiro atoms. The van der Waals surface area contributed by atoms with Gasteiger partial charge in [0.2, 0.25) is 5.78 Å². The number of ketones is 1. The largest absolute Gasteiger partial charge is 0.504 e. The van der Waals surface area contributed by atoms with E-state index in [0.717, 1.165) is 5.56 Å². The van der Waals surface area contributed by atoms with Gasteiger partial charge in [0.15, 0.2) is 5.76 Å². The van der Waals surface area contributed by atoms with Crippen molar-refractivity contribution in [3.8, 4) is 0 Å². The third-order valence-electron chi connectivity index (χ3n) is 4.38. The van der Waals surface area contributed by atoms with Crippen LogP contribution in [-0.2, 0) is 4.79 Å². The van der Waals surface area contributed by atoms with Gasteiger partial charge in [0.1, 0.15) is 0 Å². The van der Waals surface area contributed by atoms with Gasteiger partial charge in [-0.15, -0.1) is 0 Å². The molecule has 0 saturated carbocycles. The first-order valence-electron chi connectivity index (χ1n) is 7.38. The number of allylic oxidation sites excluding steroid dienone is 2. The minimum absolute atomic E-state index is 0.190. The highest BCUT2D eigenvalue weighted by molar-refractivity contribution is 6.12. The van der Waals surface area contributed by atoms with Crippen LogP contribution in [0.4, 0.5) is 0 Å². The SMILES string of the molecule is CCC(O)(/C=C1\C(=O)C(O)=C(C)C1c1ccccc1)CC. The van der Waals surface area contributed by atoms with Crippen LogP contribution in [0.15, 0.2) is 53.3 Å². The monoisotopic (exact) mass is 286 g/mol. The summed E-state index contributed by atoms with van der Waals surface area (Å²) in [6.07, 6.45) is 2.70. The fraction of sp³-hybridized carbons (Fsp3) is 0.389. The zero-order valence-corrected chi connectivity index (χ0v) is 12.8. The predicted octanol–water partition coefficient (Wildman–Crippen LogP) is 3.66. The van der Waals surface area contributed by atoms with E-state index in [1.165, 1.54) is 0 Å². The zero-order chi connectivity index (χ0) is 15.6. The van der Waals surface area contributed by atoms with Gasteiger partial charge in [-0.3, -0.25) is 4.79 Å². The highest BCUT2D eigenvalue weighted by atomic mass is 16.3. The summed E-state index contributed by atoms with van der Waals surface area (Å²) in [6, 6.07) is 9.60. The molecule has 1 unspecified atom stereocenters. The number of hydrogen-bond donors (Lipinski definition) is 2. The number of rotatable bonds is 4. The number of aliphatic hydroxyl groups is 2. The third kappa shape index (κ3) is 2.79. The zero-order valence-electron chi connectivity index (χ0n) is 12.8. The van der Waals surface area contributed by atoms with Gasteiger partial charge in [0.05, 0.1) is 5.60 Å². The molecule has 0 bridgehead atoms. The minimum Gasteiger partial charge on any atom is -0.504 e. The van der Waals surface area contributed by atoms with Crippen molar-refractivity contribution < 1.29 is 15.0 Å². The van der Waals surface area contributed by atoms with Crippen molar-refractivity contribution in [1.29, 1.82) is 0 Å². The van der Waals surface area contributed by atoms with Gasteiger partial charge in [0.25, 0.3) is 0 Å². The van der Waals surface area contributed by atoms with E-state index < -0.39 is 5.60 Å². The summed E-state index contributed by atoms with van der Waals surface area (Å²) in [4.78, 5) is 12.3. The van der Waals surface area contributed by atoms with E-state index in [1.807, 2.05) is 44.2 Å². The maximum atomic E-state index is 12.3. The predicted molar refractivity (Wildman–Crippen MR) is 83.1 cm³/mol. The maximum absolute atomic E-state index is 12.3. The molecule has 112 valence electrons. The van der Waals surface area contributed by atoms with Gasteiger partial charge in [-0.25, -0.2) is 0 Å². The molecule has 0 amide bonds. The molecule has 1 aromatic carbocycles. The van der Waals surface area contributed by atoms with E-state index in [1.54, 1.807) is 13.0 Å². The van der Waals surface area contributed by atoms with Gasteiger partial charge in [-0.05, 0) is 37.0 Å². The van der Waals surface area contributed by atoms with Crippen LogP contribution in [0.3, 0.4) is 0 Å². The second-order valence-electron chi connectivity index (χ2n) is 5.61. The normalized spacial score (nSPS) is 21.4. The van der Waals surface area contributed by atoms with Crippen molar-refractivity contribution in [2.45, 2.75) is 45.1 Å². The van der Waals surface area contributed by atoms with Crippen molar-refractivity contribution in [2.24, 2.45) is 0 Å². The van der Waals surface area contributed by atoms with Crippen molar-refractivity contribution in [2.75, 3.05) is 0 Å². The Balaban J connectivity index is 2.54. The molecule has 1 atom stereocenters. The van der Waals surface area contributed by atoms with Gasteiger partial charge < -0.3 is 10.2 Å². The Morgan fingerprint density at radius 2 is 1.76 bits per heavy atom. The Labute approximate surface area is 125 Å². The minimum atomic E-state index is -1.01. The summed E-state index contributed by atoms with van der Waals surface area (Å²) in [5.41, 5.74) is 1.06. The molecular weight excluding hydrogens is 264 g/mol. The molecule has 0 fully saturated rings. The molecule has 1 aromatic rings. The van der Waals surface area contributed by atoms with Crippen molar-refractivity contribution in [1.82, 2.24) is 0 Å². The first-order valence-corrected chi connectivity index (χ1v) is 7.38. The number of aliphatic hydroxyl groups excluding tert-OH is 1. The van der Waals surface area contributed by atoms with E-state index in [2.05, 4.69) is 0 Å². The average molecular weight is 286 g/mol. The molecule has 0 heterocycles. The molecule has 0 aromatic heterocycles. The Kier molecular flexibility index (Phi) is 4.33. The Morgan fingerprint density at radius 1 is 1.19 bits per heavy atom. The summed E-state index contributed by atoms with van der Waals surface area (Å²) >= 11 is 0. The summed E-state index contributed by atoms with van der Waals surface area (Å²) in [5, 5.41) is 20.5. The van der Waals surface area contributed by atoms with E-state index in [0.29, 0.717) is 24.0 Å². The van der Waals surface area contributed by atoms with Gasteiger partial charge >= 0.3 is 0 Å². The first kappa shape index (κ1) is 15.5. The molecule has 0 radical (unpaired) electrons. The highest BCUT2D eigenvalue weighted by Gasteiger charge is 2.37. The number of hydrogen-bond acceptors (Lipinski definition) is 3. The van der Waals surface area contributed by atoms with Crippen LogP contribution in [0.2, 0.25) is 0 Å². The van der Waals surface area contributed by atoms with Crippen molar-refractivity contribution in [3.63, 3.8) is 0 Å². The molecule has 3 nitrogen and oxygen atoms in total. The van der Waals surface area contributed by atoms with Gasteiger partial charge in [-0.1, -0.05) is 44.2 Å². The summed E-state index contributed by atoms with van der Waals surface area (Å²) in [7, 11) is 0. The summed E-state index contributed by atoms with van der Waals surface area (Å²) < 4.78 is 0. The van der Waals surface area contributed by atoms with E-state index >= 15 is 0 Å². The number of carbonyl (C=O) groups excluding carboxylic acids is 1. The van der Waals surface area contributed by atoms with Crippen molar-refractivity contribution >= 4 is 5.78 Å². The maximum Gasteiger partial charge on any atom is 0.223 e. The van der Waals surface area contributed by atoms with Gasteiger partial charge in [0, 0.05) is 11.5 Å². The second kappa shape index (κ2) is 5.86. The average Bonchev–Trinajstić information content (AvgIpc) is 2.72. The fourth-order valence-corrected chi connectivity index (χ4v) is 2.78. The molecular formula is C18H22O3. The Hall–Kier alpha value is -1.87. The lowest BCUT2D eigenvalue weighted by Gasteiger charge is -2.23. The summed E-state index contributed by atoms with van der Waals surface area (Å²) in [6.45, 7) is 5.54. The molecule has 1 aliphatic rings. The summed E-state index contributed by atoms with van der Waals surface area (Å²) in [5.74, 6) is -0.838. The van der Waals surface area contributed by atoms with Crippen LogP contribution < -0.4 is 0 Å². The molecule has 1 aliphatic carbocycles. The highest BCUT2D eigenvalue weighted by Crippen LogP contribution is 2.41. The molecule has 0 aliphatic heterocycles. The van der Waals surface area contributed by atoms with E-state index in [9.17, 15) is 15.0 Å². The molecule has 21 heavy (non-hydrogen) atoms. The number of Topliss-reactive ketones (excluding diaryl/α,β-unsaturated/α-hetero) is 1. The second-order valence-corrected chi connectivity index (χ2v) is 5.61. The van der Waals surface area contributed by atoms with E-state index in [-0.39, 0.29) is 17.5 Å². The van der Waals surface area contributed by atoms with Crippen molar-refractivity contribution in [3.05, 3.63) is 58.9 Å². The fourth-order valence-electron chi connectivity index (χ4n) is 2.78. The molecule has 2 rings (SSSR count). The quantitative estimate of drug-likeness (QED) is 0.830. The van der Waals surface area contributed by atoms with Crippen LogP contribution in [-0.4, -0.2) is 21.6 Å². The Bertz CT molecular complexity index is 592.